The van der Waals surface area contributed by atoms with E-state index in [0.717, 1.165) is 28.4 Å². The third-order valence-corrected chi connectivity index (χ3v) is 4.33. The van der Waals surface area contributed by atoms with Gasteiger partial charge in [-0.05, 0) is 35.9 Å². The van der Waals surface area contributed by atoms with E-state index in [9.17, 15) is 9.59 Å². The van der Waals surface area contributed by atoms with Crippen molar-refractivity contribution in [3.8, 4) is 11.5 Å². The molecule has 0 fully saturated rings. The lowest BCUT2D eigenvalue weighted by Crippen LogP contribution is -2.19. The SMILES string of the molecule is CCNCc1cccc2cc(OC(=O)C(C)C)c(OC(=O)C(C)C)c(C)c12.Cl. The Bertz CT molecular complexity index is 846. The normalized spacial score (nSPS) is 10.9. The number of nitrogens with one attached hydrogen (secondary N) is 1. The molecule has 5 nitrogen and oxygen atoms in total. The van der Waals surface area contributed by atoms with E-state index in [1.54, 1.807) is 33.8 Å². The zero-order valence-corrected chi connectivity index (χ0v) is 18.2. The smallest absolute Gasteiger partial charge is 0.313 e. The van der Waals surface area contributed by atoms with Crippen LogP contribution in [0.1, 0.15) is 45.7 Å². The van der Waals surface area contributed by atoms with Crippen molar-refractivity contribution in [2.45, 2.75) is 48.1 Å². The van der Waals surface area contributed by atoms with Crippen LogP contribution in [-0.4, -0.2) is 18.5 Å². The van der Waals surface area contributed by atoms with E-state index in [1.807, 2.05) is 25.1 Å². The maximum absolute atomic E-state index is 12.3. The van der Waals surface area contributed by atoms with Gasteiger partial charge in [-0.3, -0.25) is 9.59 Å². The van der Waals surface area contributed by atoms with Crippen molar-refractivity contribution in [2.24, 2.45) is 11.8 Å². The fourth-order valence-electron chi connectivity index (χ4n) is 2.76. The molecule has 6 heteroatoms. The van der Waals surface area contributed by atoms with Crippen LogP contribution in [-0.2, 0) is 16.1 Å². The van der Waals surface area contributed by atoms with Crippen molar-refractivity contribution in [2.75, 3.05) is 6.54 Å². The number of hydrogen-bond donors (Lipinski definition) is 1. The summed E-state index contributed by atoms with van der Waals surface area (Å²) in [6, 6.07) is 7.77. The number of benzene rings is 2. The number of esters is 2. The molecule has 154 valence electrons. The minimum atomic E-state index is -0.362. The maximum Gasteiger partial charge on any atom is 0.313 e. The van der Waals surface area contributed by atoms with Gasteiger partial charge in [-0.25, -0.2) is 0 Å². The van der Waals surface area contributed by atoms with E-state index < -0.39 is 0 Å². The van der Waals surface area contributed by atoms with Crippen molar-refractivity contribution in [1.29, 1.82) is 0 Å². The van der Waals surface area contributed by atoms with E-state index in [2.05, 4.69) is 12.2 Å². The third-order valence-electron chi connectivity index (χ3n) is 4.33. The lowest BCUT2D eigenvalue weighted by Gasteiger charge is -2.18. The van der Waals surface area contributed by atoms with Gasteiger partial charge in [0.2, 0.25) is 0 Å². The molecule has 0 aromatic heterocycles. The van der Waals surface area contributed by atoms with E-state index in [0.29, 0.717) is 12.3 Å². The molecule has 1 N–H and O–H groups in total. The van der Waals surface area contributed by atoms with Crippen molar-refractivity contribution < 1.29 is 19.1 Å². The summed E-state index contributed by atoms with van der Waals surface area (Å²) in [6.07, 6.45) is 0. The highest BCUT2D eigenvalue weighted by Gasteiger charge is 2.22. The minimum Gasteiger partial charge on any atom is -0.422 e. The van der Waals surface area contributed by atoms with Gasteiger partial charge in [0.05, 0.1) is 11.8 Å². The van der Waals surface area contributed by atoms with Crippen LogP contribution in [0.2, 0.25) is 0 Å². The molecule has 0 radical (unpaired) electrons. The molecule has 0 aliphatic rings. The average Bonchev–Trinajstić information content (AvgIpc) is 2.62. The molecule has 0 aliphatic carbocycles. The molecule has 0 atom stereocenters. The minimum absolute atomic E-state index is 0. The molecular weight excluding hydrogens is 378 g/mol. The molecule has 2 aromatic carbocycles. The van der Waals surface area contributed by atoms with Gasteiger partial charge in [-0.15, -0.1) is 12.4 Å². The highest BCUT2D eigenvalue weighted by Crippen LogP contribution is 2.39. The van der Waals surface area contributed by atoms with Crippen LogP contribution in [0.15, 0.2) is 24.3 Å². The Morgan fingerprint density at radius 1 is 1.04 bits per heavy atom. The van der Waals surface area contributed by atoms with E-state index in [4.69, 9.17) is 9.47 Å². The van der Waals surface area contributed by atoms with E-state index in [1.165, 1.54) is 0 Å². The molecule has 0 aliphatic heterocycles. The Morgan fingerprint density at radius 3 is 2.21 bits per heavy atom. The second-order valence-electron chi connectivity index (χ2n) is 7.28. The third kappa shape index (κ3) is 5.46. The Morgan fingerprint density at radius 2 is 1.64 bits per heavy atom. The van der Waals surface area contributed by atoms with Crippen LogP contribution in [0.4, 0.5) is 0 Å². The predicted octanol–water partition coefficient (Wildman–Crippen LogP) is 4.80. The summed E-state index contributed by atoms with van der Waals surface area (Å²) in [7, 11) is 0. The number of aryl methyl sites for hydroxylation is 1. The summed E-state index contributed by atoms with van der Waals surface area (Å²) in [4.78, 5) is 24.4. The quantitative estimate of drug-likeness (QED) is 0.527. The molecule has 0 saturated heterocycles. The molecule has 0 spiro atoms. The zero-order valence-electron chi connectivity index (χ0n) is 17.4. The first-order valence-corrected chi connectivity index (χ1v) is 9.45. The van der Waals surface area contributed by atoms with Crippen LogP contribution >= 0.6 is 12.4 Å². The molecule has 0 amide bonds. The number of carbonyl (C=O) groups is 2. The number of carbonyl (C=O) groups excluding carboxylic acids is 2. The van der Waals surface area contributed by atoms with Gasteiger partial charge >= 0.3 is 11.9 Å². The number of fused-ring (bicyclic) bond motifs is 1. The largest absolute Gasteiger partial charge is 0.422 e. The van der Waals surface area contributed by atoms with Gasteiger partial charge in [-0.2, -0.15) is 0 Å². The number of hydrogen-bond acceptors (Lipinski definition) is 5. The van der Waals surface area contributed by atoms with Crippen molar-refractivity contribution in [1.82, 2.24) is 5.32 Å². The molecule has 0 unspecified atom stereocenters. The highest BCUT2D eigenvalue weighted by atomic mass is 35.5. The van der Waals surface area contributed by atoms with Crippen LogP contribution in [0.25, 0.3) is 10.8 Å². The summed E-state index contributed by atoms with van der Waals surface area (Å²) in [5.41, 5.74) is 1.90. The first-order valence-electron chi connectivity index (χ1n) is 9.45. The topological polar surface area (TPSA) is 64.6 Å². The molecule has 0 bridgehead atoms. The number of ether oxygens (including phenoxy) is 2. The second-order valence-corrected chi connectivity index (χ2v) is 7.28. The Balaban J connectivity index is 0.00000392. The van der Waals surface area contributed by atoms with Gasteiger partial charge in [0.1, 0.15) is 0 Å². The highest BCUT2D eigenvalue weighted by molar-refractivity contribution is 5.94. The van der Waals surface area contributed by atoms with Crippen molar-refractivity contribution in [3.63, 3.8) is 0 Å². The summed E-state index contributed by atoms with van der Waals surface area (Å²) in [5.74, 6) is -0.684. The van der Waals surface area contributed by atoms with Crippen molar-refractivity contribution >= 4 is 35.1 Å². The summed E-state index contributed by atoms with van der Waals surface area (Å²) >= 11 is 0. The van der Waals surface area contributed by atoms with Gasteiger partial charge in [0, 0.05) is 12.1 Å². The summed E-state index contributed by atoms with van der Waals surface area (Å²) in [5, 5.41) is 5.28. The maximum atomic E-state index is 12.3. The molecule has 0 heterocycles. The van der Waals surface area contributed by atoms with Crippen molar-refractivity contribution in [3.05, 3.63) is 35.4 Å². The number of halogens is 1. The first kappa shape index (κ1) is 23.9. The summed E-state index contributed by atoms with van der Waals surface area (Å²) in [6.45, 7) is 12.6. The van der Waals surface area contributed by atoms with Gasteiger partial charge in [0.25, 0.3) is 0 Å². The Labute approximate surface area is 173 Å². The lowest BCUT2D eigenvalue weighted by molar-refractivity contribution is -0.140. The molecule has 0 saturated carbocycles. The second kappa shape index (κ2) is 10.4. The Hall–Kier alpha value is -2.11. The molecule has 2 rings (SSSR count). The average molecular weight is 408 g/mol. The Kier molecular flexibility index (Phi) is 8.92. The monoisotopic (exact) mass is 407 g/mol. The number of rotatable bonds is 7. The molecule has 2 aromatic rings. The van der Waals surface area contributed by atoms with E-state index >= 15 is 0 Å². The van der Waals surface area contributed by atoms with Gasteiger partial charge in [0.15, 0.2) is 11.5 Å². The fourth-order valence-corrected chi connectivity index (χ4v) is 2.76. The van der Waals surface area contributed by atoms with Gasteiger partial charge in [-0.1, -0.05) is 52.8 Å². The molecular formula is C22H30ClNO4. The van der Waals surface area contributed by atoms with Crippen LogP contribution < -0.4 is 14.8 Å². The fraction of sp³-hybridized carbons (Fsp3) is 0.455. The first-order chi connectivity index (χ1) is 12.8. The van der Waals surface area contributed by atoms with Gasteiger partial charge < -0.3 is 14.8 Å². The molecule has 28 heavy (non-hydrogen) atoms. The van der Waals surface area contributed by atoms with Crippen LogP contribution in [0.3, 0.4) is 0 Å². The standard InChI is InChI=1S/C22H29NO4.ClH/c1-7-23-12-17-10-8-9-16-11-18(26-21(24)13(2)3)20(15(6)19(16)17)27-22(25)14(4)5;/h8-11,13-14,23H,7,12H2,1-6H3;1H. The van der Waals surface area contributed by atoms with Crippen LogP contribution in [0.5, 0.6) is 11.5 Å². The predicted molar refractivity (Wildman–Crippen MR) is 114 cm³/mol. The summed E-state index contributed by atoms with van der Waals surface area (Å²) < 4.78 is 11.2. The van der Waals surface area contributed by atoms with E-state index in [-0.39, 0.29) is 41.9 Å². The van der Waals surface area contributed by atoms with Crippen LogP contribution in [0, 0.1) is 18.8 Å². The zero-order chi connectivity index (χ0) is 20.1. The lowest BCUT2D eigenvalue weighted by atomic mass is 9.98.